The number of hydrogen-bond acceptors (Lipinski definition) is 3. The van der Waals surface area contributed by atoms with Gasteiger partial charge < -0.3 is 5.32 Å². The minimum atomic E-state index is -0.156. The van der Waals surface area contributed by atoms with Crippen LogP contribution in [0.2, 0.25) is 0 Å². The number of amides is 1. The maximum atomic E-state index is 11.8. The highest BCUT2D eigenvalue weighted by Crippen LogP contribution is 2.07. The topological polar surface area (TPSA) is 75.6 Å². The van der Waals surface area contributed by atoms with E-state index in [0.29, 0.717) is 12.2 Å². The fraction of sp³-hybridized carbons (Fsp3) is 0.300. The Morgan fingerprint density at radius 3 is 3.00 bits per heavy atom. The van der Waals surface area contributed by atoms with E-state index in [1.165, 1.54) is 0 Å². The van der Waals surface area contributed by atoms with Crippen LogP contribution in [0.15, 0.2) is 18.6 Å². The Morgan fingerprint density at radius 1 is 1.59 bits per heavy atom. The number of aryl methyl sites for hydroxylation is 1. The monoisotopic (exact) mass is 345 g/mol. The molecule has 2 heterocycles. The molecule has 2 aromatic heterocycles. The maximum Gasteiger partial charge on any atom is 0.270 e. The number of rotatable bonds is 4. The molecule has 0 spiro atoms. The third-order valence-corrected chi connectivity index (χ3v) is 3.10. The maximum absolute atomic E-state index is 11.8. The molecule has 6 nitrogen and oxygen atoms in total. The van der Waals surface area contributed by atoms with Gasteiger partial charge in [-0.3, -0.25) is 14.6 Å². The van der Waals surface area contributed by atoms with Crippen LogP contribution in [-0.4, -0.2) is 25.9 Å². The molecule has 2 N–H and O–H groups in total. The standard InChI is InChI=1S/C10H12IN5O/c1-2-16-6-7(4-14-16)3-12-10(17)9-8(11)5-13-15-9/h4-6H,2-3H2,1H3,(H,12,17)(H,13,15). The van der Waals surface area contributed by atoms with Crippen LogP contribution in [0.5, 0.6) is 0 Å². The van der Waals surface area contributed by atoms with Crippen LogP contribution in [-0.2, 0) is 13.1 Å². The Labute approximate surface area is 112 Å². The quantitative estimate of drug-likeness (QED) is 0.817. The van der Waals surface area contributed by atoms with Gasteiger partial charge in [-0.2, -0.15) is 10.2 Å². The SMILES string of the molecule is CCn1cc(CNC(=O)c2[nH]ncc2I)cn1. The van der Waals surface area contributed by atoms with E-state index >= 15 is 0 Å². The van der Waals surface area contributed by atoms with Crippen LogP contribution in [0, 0.1) is 3.57 Å². The molecule has 0 aliphatic carbocycles. The fourth-order valence-electron chi connectivity index (χ4n) is 1.37. The van der Waals surface area contributed by atoms with Crippen LogP contribution in [0.25, 0.3) is 0 Å². The third kappa shape index (κ3) is 2.84. The molecule has 0 bridgehead atoms. The summed E-state index contributed by atoms with van der Waals surface area (Å²) in [7, 11) is 0. The average Bonchev–Trinajstić information content (AvgIpc) is 2.94. The van der Waals surface area contributed by atoms with Gasteiger partial charge in [-0.05, 0) is 29.5 Å². The molecule has 0 fully saturated rings. The highest BCUT2D eigenvalue weighted by Gasteiger charge is 2.11. The van der Waals surface area contributed by atoms with Crippen molar-refractivity contribution in [3.63, 3.8) is 0 Å². The minimum Gasteiger partial charge on any atom is -0.346 e. The van der Waals surface area contributed by atoms with Gasteiger partial charge in [0.05, 0.1) is 16.0 Å². The predicted octanol–water partition coefficient (Wildman–Crippen LogP) is 1.16. The fourth-order valence-corrected chi connectivity index (χ4v) is 1.88. The number of carbonyl (C=O) groups excluding carboxylic acids is 1. The van der Waals surface area contributed by atoms with E-state index in [0.717, 1.165) is 15.7 Å². The van der Waals surface area contributed by atoms with Crippen molar-refractivity contribution in [2.45, 2.75) is 20.0 Å². The van der Waals surface area contributed by atoms with Gasteiger partial charge in [-0.1, -0.05) is 0 Å². The Hall–Kier alpha value is -1.38. The summed E-state index contributed by atoms with van der Waals surface area (Å²) in [6.07, 6.45) is 5.28. The largest absolute Gasteiger partial charge is 0.346 e. The number of aromatic amines is 1. The van der Waals surface area contributed by atoms with E-state index in [1.807, 2.05) is 17.8 Å². The van der Waals surface area contributed by atoms with Crippen LogP contribution >= 0.6 is 22.6 Å². The first-order valence-electron chi connectivity index (χ1n) is 5.19. The summed E-state index contributed by atoms with van der Waals surface area (Å²) in [4.78, 5) is 11.8. The molecule has 7 heteroatoms. The second-order valence-corrected chi connectivity index (χ2v) is 4.64. The summed E-state index contributed by atoms with van der Waals surface area (Å²) >= 11 is 2.06. The molecule has 0 saturated heterocycles. The smallest absolute Gasteiger partial charge is 0.270 e. The van der Waals surface area contributed by atoms with Crippen molar-refractivity contribution in [1.82, 2.24) is 25.3 Å². The molecule has 0 atom stereocenters. The van der Waals surface area contributed by atoms with Gasteiger partial charge in [-0.25, -0.2) is 0 Å². The Kier molecular flexibility index (Phi) is 3.77. The van der Waals surface area contributed by atoms with Crippen molar-refractivity contribution < 1.29 is 4.79 Å². The number of H-pyrrole nitrogens is 1. The van der Waals surface area contributed by atoms with Gasteiger partial charge in [0, 0.05) is 24.8 Å². The highest BCUT2D eigenvalue weighted by molar-refractivity contribution is 14.1. The Bertz CT molecular complexity index is 518. The van der Waals surface area contributed by atoms with E-state index in [2.05, 4.69) is 43.2 Å². The van der Waals surface area contributed by atoms with Crippen molar-refractivity contribution in [3.05, 3.63) is 33.4 Å². The lowest BCUT2D eigenvalue weighted by atomic mass is 10.3. The van der Waals surface area contributed by atoms with E-state index < -0.39 is 0 Å². The van der Waals surface area contributed by atoms with Crippen LogP contribution in [0.1, 0.15) is 23.0 Å². The van der Waals surface area contributed by atoms with Crippen molar-refractivity contribution in [2.24, 2.45) is 0 Å². The molecule has 0 saturated carbocycles. The van der Waals surface area contributed by atoms with Crippen LogP contribution in [0.4, 0.5) is 0 Å². The number of aromatic nitrogens is 4. The first-order valence-corrected chi connectivity index (χ1v) is 6.27. The molecule has 17 heavy (non-hydrogen) atoms. The number of nitrogens with one attached hydrogen (secondary N) is 2. The zero-order valence-electron chi connectivity index (χ0n) is 9.27. The van der Waals surface area contributed by atoms with Crippen LogP contribution in [0.3, 0.4) is 0 Å². The zero-order valence-corrected chi connectivity index (χ0v) is 11.4. The molecule has 0 radical (unpaired) electrons. The van der Waals surface area contributed by atoms with Crippen LogP contribution < -0.4 is 5.32 Å². The zero-order chi connectivity index (χ0) is 12.3. The molecule has 0 aromatic carbocycles. The number of nitrogens with zero attached hydrogens (tertiary/aromatic N) is 3. The van der Waals surface area contributed by atoms with Crippen molar-refractivity contribution in [1.29, 1.82) is 0 Å². The molecular weight excluding hydrogens is 333 g/mol. The molecule has 2 rings (SSSR count). The second-order valence-electron chi connectivity index (χ2n) is 3.48. The normalized spacial score (nSPS) is 10.5. The van der Waals surface area contributed by atoms with Gasteiger partial charge in [0.1, 0.15) is 5.69 Å². The highest BCUT2D eigenvalue weighted by atomic mass is 127. The third-order valence-electron chi connectivity index (χ3n) is 2.28. The van der Waals surface area contributed by atoms with Crippen molar-refractivity contribution in [3.8, 4) is 0 Å². The van der Waals surface area contributed by atoms with E-state index in [9.17, 15) is 4.79 Å². The summed E-state index contributed by atoms with van der Waals surface area (Å²) in [5.74, 6) is -0.156. The molecule has 90 valence electrons. The lowest BCUT2D eigenvalue weighted by Crippen LogP contribution is -2.23. The predicted molar refractivity (Wildman–Crippen MR) is 70.4 cm³/mol. The molecule has 2 aromatic rings. The average molecular weight is 345 g/mol. The van der Waals surface area contributed by atoms with Crippen molar-refractivity contribution in [2.75, 3.05) is 0 Å². The molecular formula is C10H12IN5O. The van der Waals surface area contributed by atoms with Gasteiger partial charge >= 0.3 is 0 Å². The van der Waals surface area contributed by atoms with Gasteiger partial charge in [0.25, 0.3) is 5.91 Å². The summed E-state index contributed by atoms with van der Waals surface area (Å²) in [6, 6.07) is 0. The van der Waals surface area contributed by atoms with Gasteiger partial charge in [0.15, 0.2) is 0 Å². The minimum absolute atomic E-state index is 0.156. The Balaban J connectivity index is 1.94. The molecule has 0 aliphatic rings. The van der Waals surface area contributed by atoms with E-state index in [4.69, 9.17) is 0 Å². The number of carbonyl (C=O) groups is 1. The molecule has 1 amide bonds. The molecule has 0 aliphatic heterocycles. The number of halogens is 1. The van der Waals surface area contributed by atoms with Crippen molar-refractivity contribution >= 4 is 28.5 Å². The van der Waals surface area contributed by atoms with E-state index in [1.54, 1.807) is 12.4 Å². The van der Waals surface area contributed by atoms with E-state index in [-0.39, 0.29) is 5.91 Å². The Morgan fingerprint density at radius 2 is 2.41 bits per heavy atom. The van der Waals surface area contributed by atoms with Gasteiger partial charge in [-0.15, -0.1) is 0 Å². The first kappa shape index (κ1) is 12.1. The summed E-state index contributed by atoms with van der Waals surface area (Å²) < 4.78 is 2.63. The molecule has 0 unspecified atom stereocenters. The second kappa shape index (κ2) is 5.30. The summed E-state index contributed by atoms with van der Waals surface area (Å²) in [5.41, 5.74) is 1.48. The first-order chi connectivity index (χ1) is 8.20. The lowest BCUT2D eigenvalue weighted by Gasteiger charge is -2.01. The lowest BCUT2D eigenvalue weighted by molar-refractivity contribution is 0.0945. The summed E-state index contributed by atoms with van der Waals surface area (Å²) in [5, 5.41) is 13.4. The number of hydrogen-bond donors (Lipinski definition) is 2. The van der Waals surface area contributed by atoms with Gasteiger partial charge in [0.2, 0.25) is 0 Å². The summed E-state index contributed by atoms with van der Waals surface area (Å²) in [6.45, 7) is 3.31.